The van der Waals surface area contributed by atoms with Crippen LogP contribution in [0.25, 0.3) is 0 Å². The fraction of sp³-hybridized carbons (Fsp3) is 0.429. The number of ether oxygens (including phenoxy) is 1. The van der Waals surface area contributed by atoms with E-state index in [0.29, 0.717) is 35.8 Å². The Morgan fingerprint density at radius 2 is 2.29 bits per heavy atom. The number of likely N-dealkylation sites (tertiary alicyclic amines) is 1. The van der Waals surface area contributed by atoms with Crippen molar-refractivity contribution in [1.29, 1.82) is 0 Å². The van der Waals surface area contributed by atoms with Crippen LogP contribution in [-0.4, -0.2) is 48.1 Å². The van der Waals surface area contributed by atoms with Crippen molar-refractivity contribution in [1.82, 2.24) is 4.90 Å². The summed E-state index contributed by atoms with van der Waals surface area (Å²) in [6, 6.07) is 4.33. The van der Waals surface area contributed by atoms with Crippen molar-refractivity contribution in [2.45, 2.75) is 18.9 Å². The first-order valence-electron chi connectivity index (χ1n) is 6.62. The van der Waals surface area contributed by atoms with Crippen LogP contribution in [0.2, 0.25) is 5.02 Å². The number of methoxy groups -OCH3 is 1. The maximum absolute atomic E-state index is 12.1. The van der Waals surface area contributed by atoms with Crippen molar-refractivity contribution in [2.75, 3.05) is 25.5 Å². The van der Waals surface area contributed by atoms with Crippen LogP contribution < -0.4 is 10.1 Å². The predicted octanol–water partition coefficient (Wildman–Crippen LogP) is 1.84. The van der Waals surface area contributed by atoms with Gasteiger partial charge >= 0.3 is 5.97 Å². The Bertz CT molecular complexity index is 550. The molecule has 1 amide bonds. The number of nitrogens with zero attached hydrogens (tertiary/aromatic N) is 1. The van der Waals surface area contributed by atoms with Gasteiger partial charge in [0.25, 0.3) is 0 Å². The van der Waals surface area contributed by atoms with Crippen LogP contribution in [0.15, 0.2) is 18.2 Å². The highest BCUT2D eigenvalue weighted by molar-refractivity contribution is 6.30. The number of anilines is 1. The van der Waals surface area contributed by atoms with Gasteiger partial charge in [-0.05, 0) is 31.0 Å². The van der Waals surface area contributed by atoms with Gasteiger partial charge in [-0.1, -0.05) is 11.6 Å². The van der Waals surface area contributed by atoms with Gasteiger partial charge in [0.2, 0.25) is 5.91 Å². The number of hydrogen-bond donors (Lipinski definition) is 2. The maximum atomic E-state index is 12.1. The third-order valence-electron chi connectivity index (χ3n) is 3.45. The molecule has 1 aromatic carbocycles. The number of amides is 1. The van der Waals surface area contributed by atoms with Gasteiger partial charge in [-0.3, -0.25) is 4.79 Å². The molecule has 2 N–H and O–H groups in total. The fourth-order valence-electron chi connectivity index (χ4n) is 2.41. The second kappa shape index (κ2) is 6.67. The van der Waals surface area contributed by atoms with E-state index >= 15 is 0 Å². The van der Waals surface area contributed by atoms with Gasteiger partial charge in [0.1, 0.15) is 11.8 Å². The number of nitrogens with one attached hydrogen (secondary N) is 1. The van der Waals surface area contributed by atoms with Gasteiger partial charge in [-0.2, -0.15) is 0 Å². The molecule has 0 radical (unpaired) electrons. The highest BCUT2D eigenvalue weighted by atomic mass is 35.5. The molecule has 21 heavy (non-hydrogen) atoms. The van der Waals surface area contributed by atoms with Crippen LogP contribution in [0.3, 0.4) is 0 Å². The summed E-state index contributed by atoms with van der Waals surface area (Å²) < 4.78 is 5.18. The summed E-state index contributed by atoms with van der Waals surface area (Å²) in [5.41, 5.74) is 0.601. The van der Waals surface area contributed by atoms with Crippen molar-refractivity contribution in [3.8, 4) is 5.75 Å². The number of carbonyl (C=O) groups excluding carboxylic acids is 1. The zero-order chi connectivity index (χ0) is 15.4. The second-order valence-corrected chi connectivity index (χ2v) is 5.22. The lowest BCUT2D eigenvalue weighted by Gasteiger charge is -2.22. The molecule has 1 aromatic rings. The minimum Gasteiger partial charge on any atom is -0.495 e. The third-order valence-corrected chi connectivity index (χ3v) is 3.68. The molecule has 0 aliphatic carbocycles. The van der Waals surface area contributed by atoms with Crippen LogP contribution >= 0.6 is 11.6 Å². The molecule has 1 aliphatic rings. The number of carboxylic acids is 1. The van der Waals surface area contributed by atoms with E-state index in [1.54, 1.807) is 18.2 Å². The zero-order valence-corrected chi connectivity index (χ0v) is 12.4. The molecule has 1 aliphatic heterocycles. The zero-order valence-electron chi connectivity index (χ0n) is 11.6. The predicted molar refractivity (Wildman–Crippen MR) is 78.9 cm³/mol. The molecule has 1 fully saturated rings. The molecule has 1 saturated heterocycles. The summed E-state index contributed by atoms with van der Waals surface area (Å²) >= 11 is 5.91. The van der Waals surface area contributed by atoms with E-state index in [1.807, 2.05) is 0 Å². The number of rotatable bonds is 5. The van der Waals surface area contributed by atoms with Crippen LogP contribution in [0.1, 0.15) is 12.8 Å². The van der Waals surface area contributed by atoms with E-state index in [-0.39, 0.29) is 12.5 Å². The van der Waals surface area contributed by atoms with Crippen LogP contribution in [0.4, 0.5) is 5.69 Å². The van der Waals surface area contributed by atoms with Crippen molar-refractivity contribution in [3.05, 3.63) is 23.2 Å². The Balaban J connectivity index is 2.01. The number of carbonyl (C=O) groups is 2. The highest BCUT2D eigenvalue weighted by Crippen LogP contribution is 2.27. The molecule has 0 spiro atoms. The summed E-state index contributed by atoms with van der Waals surface area (Å²) in [6.07, 6.45) is 1.21. The van der Waals surface area contributed by atoms with Crippen LogP contribution in [-0.2, 0) is 9.59 Å². The summed E-state index contributed by atoms with van der Waals surface area (Å²) in [7, 11) is 1.52. The molecule has 7 heteroatoms. The molecule has 1 heterocycles. The van der Waals surface area contributed by atoms with Gasteiger partial charge in [0.05, 0.1) is 19.3 Å². The van der Waals surface area contributed by atoms with Crippen molar-refractivity contribution < 1.29 is 19.4 Å². The fourth-order valence-corrected chi connectivity index (χ4v) is 2.58. The second-order valence-electron chi connectivity index (χ2n) is 4.78. The van der Waals surface area contributed by atoms with Crippen LogP contribution in [0, 0.1) is 0 Å². The normalized spacial score (nSPS) is 17.6. The number of carboxylic acid groups (broad SMARTS) is 1. The Kier molecular flexibility index (Phi) is 4.90. The maximum Gasteiger partial charge on any atom is 0.326 e. The number of halogens is 1. The smallest absolute Gasteiger partial charge is 0.326 e. The largest absolute Gasteiger partial charge is 0.495 e. The van der Waals surface area contributed by atoms with E-state index in [2.05, 4.69) is 5.32 Å². The summed E-state index contributed by atoms with van der Waals surface area (Å²) in [4.78, 5) is 24.6. The lowest BCUT2D eigenvalue weighted by molar-refractivity contribution is -0.147. The topological polar surface area (TPSA) is 78.9 Å². The molecule has 6 nitrogen and oxygen atoms in total. The first-order chi connectivity index (χ1) is 10.0. The Morgan fingerprint density at radius 1 is 1.52 bits per heavy atom. The Labute approximate surface area is 127 Å². The highest BCUT2D eigenvalue weighted by Gasteiger charge is 2.33. The van der Waals surface area contributed by atoms with Gasteiger partial charge in [-0.15, -0.1) is 0 Å². The minimum atomic E-state index is -0.957. The van der Waals surface area contributed by atoms with Gasteiger partial charge in [0.15, 0.2) is 0 Å². The molecule has 0 saturated carbocycles. The first kappa shape index (κ1) is 15.4. The van der Waals surface area contributed by atoms with Gasteiger partial charge in [0, 0.05) is 11.6 Å². The van der Waals surface area contributed by atoms with Crippen molar-refractivity contribution in [2.24, 2.45) is 0 Å². The minimum absolute atomic E-state index is 0.000478. The molecule has 1 atom stereocenters. The lowest BCUT2D eigenvalue weighted by Crippen LogP contribution is -2.43. The average molecular weight is 313 g/mol. The number of benzene rings is 1. The van der Waals surface area contributed by atoms with Gasteiger partial charge < -0.3 is 20.1 Å². The lowest BCUT2D eigenvalue weighted by atomic mass is 10.2. The van der Waals surface area contributed by atoms with E-state index in [0.717, 1.165) is 0 Å². The summed E-state index contributed by atoms with van der Waals surface area (Å²) in [5, 5.41) is 12.6. The van der Waals surface area contributed by atoms with Crippen LogP contribution in [0.5, 0.6) is 5.75 Å². The Hall–Kier alpha value is -1.95. The molecule has 114 valence electrons. The molecule has 0 bridgehead atoms. The standard InChI is InChI=1S/C14H17ClN2O4/c1-21-12-5-4-9(15)7-10(12)16-8-13(18)17-6-2-3-11(17)14(19)20/h4-5,7,11,16H,2-3,6,8H2,1H3,(H,19,20). The Morgan fingerprint density at radius 3 is 2.95 bits per heavy atom. The quantitative estimate of drug-likeness (QED) is 0.867. The summed E-state index contributed by atoms with van der Waals surface area (Å²) in [6.45, 7) is 0.477. The summed E-state index contributed by atoms with van der Waals surface area (Å²) in [5.74, 6) is -0.633. The van der Waals surface area contributed by atoms with E-state index in [9.17, 15) is 9.59 Å². The molecular weight excluding hydrogens is 296 g/mol. The van der Waals surface area contributed by atoms with Gasteiger partial charge in [-0.25, -0.2) is 4.79 Å². The molecule has 1 unspecified atom stereocenters. The van der Waals surface area contributed by atoms with E-state index in [4.69, 9.17) is 21.4 Å². The molecule has 0 aromatic heterocycles. The van der Waals surface area contributed by atoms with E-state index in [1.165, 1.54) is 12.0 Å². The number of aliphatic carboxylic acids is 1. The molecular formula is C14H17ClN2O4. The van der Waals surface area contributed by atoms with E-state index < -0.39 is 12.0 Å². The average Bonchev–Trinajstić information content (AvgIpc) is 2.94. The van der Waals surface area contributed by atoms with Crippen molar-refractivity contribution in [3.63, 3.8) is 0 Å². The monoisotopic (exact) mass is 312 g/mol. The SMILES string of the molecule is COc1ccc(Cl)cc1NCC(=O)N1CCCC1C(=O)O. The van der Waals surface area contributed by atoms with Crippen molar-refractivity contribution >= 4 is 29.2 Å². The molecule has 2 rings (SSSR count). The number of hydrogen-bond acceptors (Lipinski definition) is 4. The first-order valence-corrected chi connectivity index (χ1v) is 7.00. The third kappa shape index (κ3) is 3.58.